The molecule has 0 unspecified atom stereocenters. The molecule has 0 aliphatic carbocycles. The van der Waals surface area contributed by atoms with E-state index in [2.05, 4.69) is 37.8 Å². The molecule has 2 aliphatic rings. The van der Waals surface area contributed by atoms with Crippen molar-refractivity contribution in [2.24, 2.45) is 16.1 Å². The lowest BCUT2D eigenvalue weighted by Gasteiger charge is -2.41. The average molecular weight is 591 g/mol. The van der Waals surface area contributed by atoms with E-state index < -0.39 is 5.91 Å². The van der Waals surface area contributed by atoms with Crippen LogP contribution < -0.4 is 20.7 Å². The van der Waals surface area contributed by atoms with Crippen LogP contribution in [0.1, 0.15) is 28.8 Å². The van der Waals surface area contributed by atoms with Crippen molar-refractivity contribution in [2.45, 2.75) is 25.4 Å². The number of nitrogens with zero attached hydrogens (tertiary/aromatic N) is 8. The Morgan fingerprint density at radius 1 is 1.31 bits per heavy atom. The van der Waals surface area contributed by atoms with Crippen LogP contribution in [0.15, 0.2) is 40.6 Å². The highest BCUT2D eigenvalue weighted by Crippen LogP contribution is 2.38. The zero-order valence-electron chi connectivity index (χ0n) is 18.6. The van der Waals surface area contributed by atoms with Gasteiger partial charge in [0.1, 0.15) is 5.82 Å². The number of alkyl halides is 1. The Labute approximate surface area is 213 Å². The summed E-state index contributed by atoms with van der Waals surface area (Å²) in [7, 11) is 0. The second-order valence-electron chi connectivity index (χ2n) is 7.92. The third kappa shape index (κ3) is 5.05. The van der Waals surface area contributed by atoms with E-state index in [1.54, 1.807) is 23.1 Å². The molecule has 2 N–H and O–H groups in total. The highest BCUT2D eigenvalue weighted by molar-refractivity contribution is 14.1. The molecular formula is C21H22IN9O4. The summed E-state index contributed by atoms with van der Waals surface area (Å²) in [5.41, 5.74) is 10.4. The normalized spacial score (nSPS) is 15.9. The zero-order valence-corrected chi connectivity index (χ0v) is 20.7. The molecule has 4 rings (SSSR count). The molecule has 2 amide bonds. The minimum Gasteiger partial charge on any atom is -0.381 e. The monoisotopic (exact) mass is 591 g/mol. The second kappa shape index (κ2) is 10.9. The van der Waals surface area contributed by atoms with Crippen LogP contribution in [0.5, 0.6) is 0 Å². The van der Waals surface area contributed by atoms with E-state index in [1.807, 2.05) is 4.90 Å². The van der Waals surface area contributed by atoms with Crippen molar-refractivity contribution >= 4 is 57.4 Å². The number of hydrazine groups is 1. The number of benzene rings is 1. The largest absolute Gasteiger partial charge is 0.381 e. The van der Waals surface area contributed by atoms with Gasteiger partial charge in [0.25, 0.3) is 0 Å². The van der Waals surface area contributed by atoms with E-state index in [0.717, 1.165) is 12.8 Å². The summed E-state index contributed by atoms with van der Waals surface area (Å²) in [6.07, 6.45) is 1.57. The van der Waals surface area contributed by atoms with Gasteiger partial charge in [0.2, 0.25) is 5.91 Å². The predicted molar refractivity (Wildman–Crippen MR) is 138 cm³/mol. The first-order valence-electron chi connectivity index (χ1n) is 10.8. The third-order valence-corrected chi connectivity index (χ3v) is 6.66. The minimum absolute atomic E-state index is 0.00163. The van der Waals surface area contributed by atoms with Gasteiger partial charge in [-0.25, -0.2) is 10.8 Å². The topological polar surface area (TPSA) is 170 Å². The fourth-order valence-electron chi connectivity index (χ4n) is 4.22. The number of pyridine rings is 1. The lowest BCUT2D eigenvalue weighted by Crippen LogP contribution is -2.51. The fraction of sp³-hybridized carbons (Fsp3) is 0.381. The standard InChI is InChI=1S/C21H22IN9O4/c22-12-30-17-3-4-18(26-20(17)29(11-19(30)32)15-5-7-35-8-6-15)31(24)16-2-1-13(21(33)27-34)9-14(16)10-25-28-23/h1-4,9,15H,5-8,10-12,24H2. The Morgan fingerprint density at radius 3 is 2.77 bits per heavy atom. The molecule has 3 heterocycles. The smallest absolute Gasteiger partial charge is 0.316 e. The molecule has 14 heteroatoms. The van der Waals surface area contributed by atoms with E-state index in [-0.39, 0.29) is 30.6 Å². The predicted octanol–water partition coefficient (Wildman–Crippen LogP) is 3.53. The van der Waals surface area contributed by atoms with Crippen LogP contribution in [-0.2, 0) is 16.1 Å². The summed E-state index contributed by atoms with van der Waals surface area (Å²) < 4.78 is 5.97. The van der Waals surface area contributed by atoms with Gasteiger partial charge in [-0.05, 0) is 54.3 Å². The van der Waals surface area contributed by atoms with Gasteiger partial charge in [-0.1, -0.05) is 27.7 Å². The number of aromatic nitrogens is 1. The van der Waals surface area contributed by atoms with Crippen molar-refractivity contribution in [1.82, 2.24) is 4.98 Å². The maximum absolute atomic E-state index is 12.8. The average Bonchev–Trinajstić information content (AvgIpc) is 2.90. The number of fused-ring (bicyclic) bond motifs is 1. The van der Waals surface area contributed by atoms with Crippen LogP contribution in [0.3, 0.4) is 0 Å². The van der Waals surface area contributed by atoms with Gasteiger partial charge in [-0.15, -0.1) is 4.91 Å². The van der Waals surface area contributed by atoms with E-state index in [1.165, 1.54) is 17.1 Å². The van der Waals surface area contributed by atoms with Crippen LogP contribution in [0.4, 0.5) is 23.0 Å². The summed E-state index contributed by atoms with van der Waals surface area (Å²) in [4.78, 5) is 46.5. The highest BCUT2D eigenvalue weighted by atomic mass is 127. The number of rotatable bonds is 7. The van der Waals surface area contributed by atoms with Gasteiger partial charge in [-0.2, -0.15) is 0 Å². The molecule has 0 radical (unpaired) electrons. The van der Waals surface area contributed by atoms with Gasteiger partial charge >= 0.3 is 5.91 Å². The number of ether oxygens (including phenoxy) is 1. The van der Waals surface area contributed by atoms with Crippen LogP contribution >= 0.6 is 22.6 Å². The van der Waals surface area contributed by atoms with E-state index >= 15 is 0 Å². The molecule has 2 aromatic rings. The van der Waals surface area contributed by atoms with Crippen molar-refractivity contribution in [1.29, 1.82) is 0 Å². The number of nitrogens with two attached hydrogens (primary N) is 1. The SMILES string of the molecule is [N-]=[N+]=NCc1cc(C(=O)N=O)ccc1N(N)c1ccc2c(n1)N(C1CCOCC1)CC(=O)N2CI. The summed E-state index contributed by atoms with van der Waals surface area (Å²) in [6, 6.07) is 7.99. The number of anilines is 4. The van der Waals surface area contributed by atoms with Crippen molar-refractivity contribution in [3.63, 3.8) is 0 Å². The lowest BCUT2D eigenvalue weighted by molar-refractivity contribution is -0.117. The molecule has 0 atom stereocenters. The Morgan fingerprint density at radius 2 is 2.09 bits per heavy atom. The van der Waals surface area contributed by atoms with Crippen LogP contribution in [0.25, 0.3) is 10.4 Å². The summed E-state index contributed by atoms with van der Waals surface area (Å²) >= 11 is 2.15. The molecule has 182 valence electrons. The van der Waals surface area contributed by atoms with Crippen molar-refractivity contribution in [3.05, 3.63) is 56.8 Å². The molecular weight excluding hydrogens is 569 g/mol. The van der Waals surface area contributed by atoms with Crippen LogP contribution in [0.2, 0.25) is 0 Å². The highest BCUT2D eigenvalue weighted by Gasteiger charge is 2.35. The number of hydrogen-bond acceptors (Lipinski definition) is 9. The van der Waals surface area contributed by atoms with Gasteiger partial charge < -0.3 is 9.64 Å². The Bertz CT molecular complexity index is 1200. The number of carbonyl (C=O) groups is 2. The Balaban J connectivity index is 1.75. The maximum Gasteiger partial charge on any atom is 0.316 e. The molecule has 1 aromatic heterocycles. The number of amides is 2. The first-order chi connectivity index (χ1) is 17.0. The molecule has 1 aromatic carbocycles. The first kappa shape index (κ1) is 24.8. The van der Waals surface area contributed by atoms with E-state index in [9.17, 15) is 14.5 Å². The summed E-state index contributed by atoms with van der Waals surface area (Å²) in [6.45, 7) is 1.34. The van der Waals surface area contributed by atoms with E-state index in [4.69, 9.17) is 21.1 Å². The van der Waals surface area contributed by atoms with Crippen molar-refractivity contribution in [2.75, 3.05) is 39.1 Å². The summed E-state index contributed by atoms with van der Waals surface area (Å²) in [5.74, 6) is 6.54. The van der Waals surface area contributed by atoms with Gasteiger partial charge in [0.05, 0.1) is 29.0 Å². The summed E-state index contributed by atoms with van der Waals surface area (Å²) in [5, 5.41) is 7.33. The van der Waals surface area contributed by atoms with E-state index in [0.29, 0.717) is 46.3 Å². The quantitative estimate of drug-likeness (QED) is 0.0587. The van der Waals surface area contributed by atoms with Gasteiger partial charge in [0, 0.05) is 34.9 Å². The Hall–Kier alpha value is -3.33. The number of azide groups is 1. The molecule has 35 heavy (non-hydrogen) atoms. The molecule has 1 saturated heterocycles. The molecule has 2 aliphatic heterocycles. The fourth-order valence-corrected chi connectivity index (χ4v) is 4.97. The van der Waals surface area contributed by atoms with Crippen molar-refractivity contribution in [3.8, 4) is 0 Å². The maximum atomic E-state index is 12.8. The molecule has 1 fully saturated rings. The second-order valence-corrected chi connectivity index (χ2v) is 8.61. The minimum atomic E-state index is -0.940. The number of hydrogen-bond donors (Lipinski definition) is 1. The van der Waals surface area contributed by atoms with Gasteiger partial charge in [0.15, 0.2) is 5.82 Å². The molecule has 0 saturated carbocycles. The zero-order chi connectivity index (χ0) is 24.9. The molecule has 0 bridgehead atoms. The number of carbonyl (C=O) groups excluding carboxylic acids is 2. The first-order valence-corrected chi connectivity index (χ1v) is 12.3. The Kier molecular flexibility index (Phi) is 7.75. The lowest BCUT2D eigenvalue weighted by atomic mass is 10.1. The third-order valence-electron chi connectivity index (χ3n) is 5.98. The van der Waals surface area contributed by atoms with Gasteiger partial charge in [-0.3, -0.25) is 19.5 Å². The number of halogens is 1. The molecule has 13 nitrogen and oxygen atoms in total. The van der Waals surface area contributed by atoms with Crippen molar-refractivity contribution < 1.29 is 14.3 Å². The molecule has 0 spiro atoms. The van der Waals surface area contributed by atoms with Crippen LogP contribution in [-0.4, -0.2) is 47.2 Å². The van der Waals surface area contributed by atoms with Crippen LogP contribution in [0, 0.1) is 4.91 Å². The number of nitroso groups, excluding NO2 is 1.